The fraction of sp³-hybridized carbons (Fsp3) is 0.500. The maximum atomic E-state index is 12.8. The molecule has 0 radical (unpaired) electrons. The number of H-pyrrole nitrogens is 1. The van der Waals surface area contributed by atoms with Gasteiger partial charge in [-0.1, -0.05) is 19.8 Å². The van der Waals surface area contributed by atoms with Crippen LogP contribution in [0.4, 0.5) is 13.2 Å². The number of rotatable bonds is 4. The van der Waals surface area contributed by atoms with Gasteiger partial charge in [-0.15, -0.1) is 5.10 Å². The van der Waals surface area contributed by atoms with E-state index >= 15 is 0 Å². The summed E-state index contributed by atoms with van der Waals surface area (Å²) in [4.78, 5) is 22.6. The lowest BCUT2D eigenvalue weighted by atomic mass is 10.2. The zero-order valence-corrected chi connectivity index (χ0v) is 11.7. The number of aryl methyl sites for hydroxylation is 1. The molecule has 22 heavy (non-hydrogen) atoms. The first-order valence-corrected chi connectivity index (χ1v) is 6.83. The van der Waals surface area contributed by atoms with Crippen molar-refractivity contribution >= 4 is 16.8 Å². The Balaban J connectivity index is 2.24. The zero-order valence-electron chi connectivity index (χ0n) is 11.7. The fourth-order valence-electron chi connectivity index (χ4n) is 2.31. The average Bonchev–Trinajstić information content (AvgIpc) is 3.07. The number of imidazole rings is 1. The number of hydrogen-bond acceptors (Lipinski definition) is 4. The summed E-state index contributed by atoms with van der Waals surface area (Å²) in [6.07, 6.45) is -0.797. The third-order valence-corrected chi connectivity index (χ3v) is 3.36. The quantitative estimate of drug-likeness (QED) is 0.747. The minimum Gasteiger partial charge on any atom is -0.340 e. The van der Waals surface area contributed by atoms with E-state index in [4.69, 9.17) is 0 Å². The third kappa shape index (κ3) is 2.24. The van der Waals surface area contributed by atoms with Crippen molar-refractivity contribution in [3.05, 3.63) is 22.6 Å². The van der Waals surface area contributed by atoms with E-state index in [0.717, 1.165) is 19.3 Å². The molecule has 0 aliphatic heterocycles. The highest BCUT2D eigenvalue weighted by Crippen LogP contribution is 2.27. The van der Waals surface area contributed by atoms with Gasteiger partial charge in [0.1, 0.15) is 5.52 Å². The molecule has 0 aromatic carbocycles. The minimum absolute atomic E-state index is 0.170. The van der Waals surface area contributed by atoms with Crippen molar-refractivity contribution < 1.29 is 13.2 Å². The number of alkyl halides is 3. The Morgan fingerprint density at radius 2 is 2.05 bits per heavy atom. The van der Waals surface area contributed by atoms with Crippen LogP contribution in [0.5, 0.6) is 0 Å². The van der Waals surface area contributed by atoms with Crippen molar-refractivity contribution in [3.63, 3.8) is 0 Å². The van der Waals surface area contributed by atoms with Gasteiger partial charge in [-0.2, -0.15) is 17.7 Å². The van der Waals surface area contributed by atoms with Crippen molar-refractivity contribution in [1.82, 2.24) is 29.1 Å². The topological polar surface area (TPSA) is 80.9 Å². The van der Waals surface area contributed by atoms with Gasteiger partial charge in [-0.25, -0.2) is 14.8 Å². The van der Waals surface area contributed by atoms with Gasteiger partial charge in [0.05, 0.1) is 6.33 Å². The lowest BCUT2D eigenvalue weighted by Gasteiger charge is -2.06. The molecule has 0 saturated heterocycles. The Bertz CT molecular complexity index is 875. The molecule has 118 valence electrons. The van der Waals surface area contributed by atoms with Gasteiger partial charge in [0.25, 0.3) is 5.82 Å². The van der Waals surface area contributed by atoms with Gasteiger partial charge in [-0.3, -0.25) is 4.57 Å². The van der Waals surface area contributed by atoms with Crippen molar-refractivity contribution in [2.75, 3.05) is 0 Å². The van der Waals surface area contributed by atoms with E-state index < -0.39 is 17.7 Å². The van der Waals surface area contributed by atoms with Crippen LogP contribution in [-0.2, 0) is 12.7 Å². The smallest absolute Gasteiger partial charge is 0.340 e. The normalized spacial score (nSPS) is 12.5. The summed E-state index contributed by atoms with van der Waals surface area (Å²) < 4.78 is 40.3. The predicted octanol–water partition coefficient (Wildman–Crippen LogP) is 1.98. The molecule has 0 unspecified atom stereocenters. The van der Waals surface area contributed by atoms with Crippen molar-refractivity contribution in [3.8, 4) is 0 Å². The lowest BCUT2D eigenvalue weighted by Crippen LogP contribution is -2.28. The molecule has 0 aliphatic rings. The second-order valence-electron chi connectivity index (χ2n) is 4.91. The van der Waals surface area contributed by atoms with Crippen LogP contribution in [0.15, 0.2) is 11.1 Å². The van der Waals surface area contributed by atoms with Crippen LogP contribution >= 0.6 is 0 Å². The van der Waals surface area contributed by atoms with E-state index in [1.807, 2.05) is 6.92 Å². The van der Waals surface area contributed by atoms with Gasteiger partial charge in [0.15, 0.2) is 11.3 Å². The predicted molar refractivity (Wildman–Crippen MR) is 71.4 cm³/mol. The number of unbranched alkanes of at least 4 members (excludes halogenated alkanes) is 2. The largest absolute Gasteiger partial charge is 0.453 e. The number of hydrogen-bond donors (Lipinski definition) is 1. The molecule has 0 bridgehead atoms. The number of halogens is 3. The molecular formula is C12H13F3N6O. The molecule has 3 aromatic heterocycles. The van der Waals surface area contributed by atoms with Crippen molar-refractivity contribution in [1.29, 1.82) is 0 Å². The number of nitrogens with one attached hydrogen (secondary N) is 1. The molecule has 3 heterocycles. The Morgan fingerprint density at radius 3 is 2.73 bits per heavy atom. The summed E-state index contributed by atoms with van der Waals surface area (Å²) in [5.74, 6) is -1.34. The first-order chi connectivity index (χ1) is 10.4. The highest BCUT2D eigenvalue weighted by atomic mass is 19.4. The third-order valence-electron chi connectivity index (χ3n) is 3.36. The van der Waals surface area contributed by atoms with E-state index in [1.54, 1.807) is 0 Å². The Labute approximate surface area is 121 Å². The lowest BCUT2D eigenvalue weighted by molar-refractivity contribution is -0.144. The number of aromatic amines is 1. The van der Waals surface area contributed by atoms with E-state index in [2.05, 4.69) is 20.1 Å². The first-order valence-electron chi connectivity index (χ1n) is 6.83. The van der Waals surface area contributed by atoms with Gasteiger partial charge < -0.3 is 4.98 Å². The fourth-order valence-corrected chi connectivity index (χ4v) is 2.31. The summed E-state index contributed by atoms with van der Waals surface area (Å²) in [7, 11) is 0. The molecule has 0 spiro atoms. The standard InChI is InChI=1S/C12H13F3N6O/c1-2-3-4-5-20-8-7(16-6-17-8)9-18-10(12(13,14)15)19-21(9)11(20)22/h6H,2-5H2,1H3,(H,16,17). The van der Waals surface area contributed by atoms with Gasteiger partial charge in [0.2, 0.25) is 0 Å². The molecular weight excluding hydrogens is 301 g/mol. The highest BCUT2D eigenvalue weighted by molar-refractivity contribution is 5.84. The van der Waals surface area contributed by atoms with E-state index in [9.17, 15) is 18.0 Å². The van der Waals surface area contributed by atoms with Crippen LogP contribution in [-0.4, -0.2) is 29.1 Å². The second kappa shape index (κ2) is 5.11. The van der Waals surface area contributed by atoms with Crippen LogP contribution in [0.2, 0.25) is 0 Å². The molecule has 3 rings (SSSR count). The summed E-state index contributed by atoms with van der Waals surface area (Å²) in [5.41, 5.74) is -0.293. The SMILES string of the molecule is CCCCCn1c(=O)n2nc(C(F)(F)F)nc2c2[nH]cnc21. The molecule has 0 atom stereocenters. The molecule has 10 heteroatoms. The number of nitrogens with zero attached hydrogens (tertiary/aromatic N) is 5. The van der Waals surface area contributed by atoms with Gasteiger partial charge in [-0.05, 0) is 6.42 Å². The second-order valence-corrected chi connectivity index (χ2v) is 4.91. The van der Waals surface area contributed by atoms with Crippen LogP contribution < -0.4 is 5.69 Å². The van der Waals surface area contributed by atoms with Crippen LogP contribution in [0.1, 0.15) is 32.0 Å². The highest BCUT2D eigenvalue weighted by Gasteiger charge is 2.37. The summed E-state index contributed by atoms with van der Waals surface area (Å²) in [5, 5.41) is 3.30. The number of fused-ring (bicyclic) bond motifs is 3. The first kappa shape index (κ1) is 14.5. The molecule has 0 fully saturated rings. The van der Waals surface area contributed by atoms with Gasteiger partial charge >= 0.3 is 11.9 Å². The maximum Gasteiger partial charge on any atom is 0.453 e. The number of aromatic nitrogens is 6. The average molecular weight is 314 g/mol. The molecule has 0 aliphatic carbocycles. The molecule has 3 aromatic rings. The summed E-state index contributed by atoms with van der Waals surface area (Å²) in [6.45, 7) is 2.38. The van der Waals surface area contributed by atoms with Crippen molar-refractivity contribution in [2.24, 2.45) is 0 Å². The molecule has 1 N–H and O–H groups in total. The van der Waals surface area contributed by atoms with Gasteiger partial charge in [0, 0.05) is 6.54 Å². The molecule has 0 amide bonds. The summed E-state index contributed by atoms with van der Waals surface area (Å²) in [6, 6.07) is 0. The van der Waals surface area contributed by atoms with E-state index in [0.29, 0.717) is 11.1 Å². The van der Waals surface area contributed by atoms with E-state index in [1.165, 1.54) is 10.9 Å². The monoisotopic (exact) mass is 314 g/mol. The Morgan fingerprint density at radius 1 is 1.27 bits per heavy atom. The Kier molecular flexibility index (Phi) is 3.38. The molecule has 7 nitrogen and oxygen atoms in total. The van der Waals surface area contributed by atoms with Crippen LogP contribution in [0.25, 0.3) is 16.8 Å². The minimum atomic E-state index is -4.71. The zero-order chi connectivity index (χ0) is 15.9. The van der Waals surface area contributed by atoms with Crippen LogP contribution in [0, 0.1) is 0 Å². The summed E-state index contributed by atoms with van der Waals surface area (Å²) >= 11 is 0. The van der Waals surface area contributed by atoms with Crippen molar-refractivity contribution in [2.45, 2.75) is 38.9 Å². The van der Waals surface area contributed by atoms with E-state index in [-0.39, 0.29) is 16.8 Å². The van der Waals surface area contributed by atoms with Crippen LogP contribution in [0.3, 0.4) is 0 Å². The molecule has 0 saturated carbocycles. The Hall–Kier alpha value is -2.39. The maximum absolute atomic E-state index is 12.8.